The van der Waals surface area contributed by atoms with Crippen molar-refractivity contribution < 1.29 is 4.42 Å². The Morgan fingerprint density at radius 3 is 1.77 bits per heavy atom. The molecule has 13 aromatic rings. The van der Waals surface area contributed by atoms with E-state index in [2.05, 4.69) is 171 Å². The number of fused-ring (bicyclic) bond motifs is 14. The van der Waals surface area contributed by atoms with Crippen LogP contribution in [0.1, 0.15) is 38.9 Å². The molecule has 0 unspecified atom stereocenters. The molecule has 0 radical (unpaired) electrons. The van der Waals surface area contributed by atoms with E-state index in [1.54, 1.807) is 0 Å². The summed E-state index contributed by atoms with van der Waals surface area (Å²) in [4.78, 5) is 0. The lowest BCUT2D eigenvalue weighted by molar-refractivity contribution is 0.669. The number of nitrogens with one attached hydrogen (secondary N) is 1. The largest absolute Gasteiger partial charge is 0.456 e. The molecule has 0 saturated heterocycles. The number of rotatable bonds is 4. The number of hydrogen-bond acceptors (Lipinski definition) is 3. The summed E-state index contributed by atoms with van der Waals surface area (Å²) in [6.45, 7) is 2.18. The van der Waals surface area contributed by atoms with Gasteiger partial charge in [-0.2, -0.15) is 0 Å². The van der Waals surface area contributed by atoms with Gasteiger partial charge in [0.25, 0.3) is 0 Å². The monoisotopic (exact) mass is 892 g/mol. The maximum atomic E-state index is 8.31. The number of hydrogen-bond donors (Lipinski definition) is 2. The van der Waals surface area contributed by atoms with Gasteiger partial charge in [0.1, 0.15) is 11.2 Å². The smallest absolute Gasteiger partial charge is 0.136 e. The van der Waals surface area contributed by atoms with Crippen molar-refractivity contribution in [1.29, 1.82) is 5.41 Å². The van der Waals surface area contributed by atoms with Crippen molar-refractivity contribution in [2.75, 3.05) is 5.73 Å². The van der Waals surface area contributed by atoms with E-state index in [9.17, 15) is 0 Å². The number of aryl methyl sites for hydroxylation is 1. The van der Waals surface area contributed by atoms with E-state index in [-0.39, 0.29) is 0 Å². The summed E-state index contributed by atoms with van der Waals surface area (Å²) in [6, 6.07) is 82.9. The molecule has 0 atom stereocenters. The Labute approximate surface area is 405 Å². The SMILES string of the molecule is Cc1cccc(-c2ccc3c(c2)C2(c4ccccc4-c4ccccc42)c2cccc(-c4ccc5c(c4)c4cccc6oc7cccc5c7c64)c2-3)c1.N=C(c1ccccc1)c1ccc2ccccc2c1N. The van der Waals surface area contributed by atoms with Gasteiger partial charge in [-0.1, -0.05) is 212 Å². The third-order valence-electron chi connectivity index (χ3n) is 15.2. The van der Waals surface area contributed by atoms with E-state index in [4.69, 9.17) is 15.6 Å². The Kier molecular flexibility index (Phi) is 8.72. The third kappa shape index (κ3) is 5.66. The molecule has 1 heterocycles. The van der Waals surface area contributed by atoms with Crippen molar-refractivity contribution in [3.63, 3.8) is 0 Å². The molecule has 328 valence electrons. The summed E-state index contributed by atoms with van der Waals surface area (Å²) in [6.07, 6.45) is 0. The Hall–Kier alpha value is -9.05. The zero-order chi connectivity index (χ0) is 46.7. The van der Waals surface area contributed by atoms with Crippen molar-refractivity contribution in [2.24, 2.45) is 0 Å². The minimum absolute atomic E-state index is 0.422. The van der Waals surface area contributed by atoms with Crippen molar-refractivity contribution in [2.45, 2.75) is 12.3 Å². The molecule has 0 saturated carbocycles. The van der Waals surface area contributed by atoms with Crippen LogP contribution in [0, 0.1) is 12.3 Å². The van der Waals surface area contributed by atoms with E-state index in [0.717, 1.165) is 33.1 Å². The third-order valence-corrected chi connectivity index (χ3v) is 15.2. The van der Waals surface area contributed by atoms with Crippen LogP contribution in [0.15, 0.2) is 235 Å². The predicted molar refractivity (Wildman–Crippen MR) is 293 cm³/mol. The molecule has 3 heteroatoms. The van der Waals surface area contributed by atoms with E-state index >= 15 is 0 Å². The van der Waals surface area contributed by atoms with Gasteiger partial charge < -0.3 is 10.2 Å². The Bertz CT molecular complexity index is 4240. The molecule has 0 amide bonds. The van der Waals surface area contributed by atoms with Crippen LogP contribution >= 0.6 is 0 Å². The zero-order valence-electron chi connectivity index (χ0n) is 38.4. The van der Waals surface area contributed by atoms with Crippen molar-refractivity contribution >= 4 is 65.7 Å². The standard InChI is InChI=1S/C50H30O.C17H14N2/c1-29-10-6-11-30(26-29)31-22-25-39-44(28-31)50(41-17-4-2-12-35(41)36-13-3-5-18-42(36)50)43-19-7-14-33(47(39)43)32-23-24-34-37-15-8-20-45-48(37)49-38(40(34)27-32)16-9-21-46(49)51-45;18-16(13-7-2-1-3-8-13)15-11-10-12-6-4-5-9-14(12)17(15)19/h2-28H,1H3;1-11,18H,19H2. The van der Waals surface area contributed by atoms with Gasteiger partial charge in [-0.15, -0.1) is 0 Å². The average molecular weight is 893 g/mol. The lowest BCUT2D eigenvalue weighted by Crippen LogP contribution is -2.25. The maximum absolute atomic E-state index is 8.31. The molecule has 3 N–H and O–H groups in total. The van der Waals surface area contributed by atoms with Gasteiger partial charge in [-0.05, 0) is 125 Å². The summed E-state index contributed by atoms with van der Waals surface area (Å²) in [5.74, 6) is 0. The van der Waals surface area contributed by atoms with Gasteiger partial charge in [-0.3, -0.25) is 5.41 Å². The topological polar surface area (TPSA) is 63.0 Å². The molecule has 2 aliphatic rings. The highest BCUT2D eigenvalue weighted by Gasteiger charge is 2.52. The molecule has 2 aliphatic carbocycles. The predicted octanol–water partition coefficient (Wildman–Crippen LogP) is 17.2. The van der Waals surface area contributed by atoms with E-state index in [1.165, 1.54) is 105 Å². The van der Waals surface area contributed by atoms with Crippen LogP contribution in [0.4, 0.5) is 5.69 Å². The molecule has 0 aliphatic heterocycles. The van der Waals surface area contributed by atoms with Crippen molar-refractivity contribution in [3.8, 4) is 44.5 Å². The maximum Gasteiger partial charge on any atom is 0.136 e. The highest BCUT2D eigenvalue weighted by atomic mass is 16.3. The van der Waals surface area contributed by atoms with E-state index in [1.807, 2.05) is 66.7 Å². The van der Waals surface area contributed by atoms with Gasteiger partial charge in [-0.25, -0.2) is 0 Å². The normalized spacial score (nSPS) is 12.9. The van der Waals surface area contributed by atoms with Gasteiger partial charge in [0, 0.05) is 33.0 Å². The van der Waals surface area contributed by atoms with Crippen LogP contribution in [0.2, 0.25) is 0 Å². The van der Waals surface area contributed by atoms with Crippen LogP contribution in [0.25, 0.3) is 98.8 Å². The van der Waals surface area contributed by atoms with Gasteiger partial charge in [0.15, 0.2) is 0 Å². The van der Waals surface area contributed by atoms with Gasteiger partial charge >= 0.3 is 0 Å². The van der Waals surface area contributed by atoms with Crippen molar-refractivity contribution in [3.05, 3.63) is 269 Å². The first-order chi connectivity index (χ1) is 34.5. The fourth-order valence-corrected chi connectivity index (χ4v) is 12.2. The summed E-state index contributed by atoms with van der Waals surface area (Å²) in [5.41, 5.74) is 27.5. The second-order valence-corrected chi connectivity index (χ2v) is 18.9. The lowest BCUT2D eigenvalue weighted by atomic mass is 9.70. The number of furan rings is 1. The van der Waals surface area contributed by atoms with Crippen LogP contribution < -0.4 is 5.73 Å². The number of benzene rings is 12. The molecule has 15 rings (SSSR count). The summed E-state index contributed by atoms with van der Waals surface area (Å²) in [5, 5.41) is 17.9. The molecular weight excluding hydrogens is 849 g/mol. The molecule has 0 bridgehead atoms. The highest BCUT2D eigenvalue weighted by molar-refractivity contribution is 6.33. The second kappa shape index (κ2) is 15.2. The Balaban J connectivity index is 0.000000203. The molecule has 0 fully saturated rings. The zero-order valence-corrected chi connectivity index (χ0v) is 38.4. The molecular formula is C67H44N2O. The molecule has 1 spiro atoms. The molecule has 12 aromatic carbocycles. The quantitative estimate of drug-likeness (QED) is 0.105. The summed E-state index contributed by atoms with van der Waals surface area (Å²) < 4.78 is 6.36. The van der Waals surface area contributed by atoms with Crippen LogP contribution in [0.3, 0.4) is 0 Å². The first-order valence-electron chi connectivity index (χ1n) is 24.0. The summed E-state index contributed by atoms with van der Waals surface area (Å²) >= 11 is 0. The van der Waals surface area contributed by atoms with Crippen LogP contribution in [-0.2, 0) is 5.41 Å². The first kappa shape index (κ1) is 40.1. The highest BCUT2D eigenvalue weighted by Crippen LogP contribution is 2.64. The number of nitrogens with two attached hydrogens (primary N) is 1. The van der Waals surface area contributed by atoms with Gasteiger partial charge in [0.2, 0.25) is 0 Å². The molecule has 70 heavy (non-hydrogen) atoms. The average Bonchev–Trinajstić information content (AvgIpc) is 4.05. The van der Waals surface area contributed by atoms with Crippen molar-refractivity contribution in [1.82, 2.24) is 0 Å². The number of anilines is 1. The molecule has 1 aromatic heterocycles. The minimum atomic E-state index is -0.422. The Morgan fingerprint density at radius 1 is 0.414 bits per heavy atom. The lowest BCUT2D eigenvalue weighted by Gasteiger charge is -2.31. The summed E-state index contributed by atoms with van der Waals surface area (Å²) in [7, 11) is 0. The Morgan fingerprint density at radius 2 is 1.01 bits per heavy atom. The van der Waals surface area contributed by atoms with E-state index in [0.29, 0.717) is 11.4 Å². The fourth-order valence-electron chi connectivity index (χ4n) is 12.2. The fraction of sp³-hybridized carbons (Fsp3) is 0.0299. The van der Waals surface area contributed by atoms with Crippen LogP contribution in [-0.4, -0.2) is 5.71 Å². The number of nitrogen functional groups attached to an aromatic ring is 1. The molecule has 3 nitrogen and oxygen atoms in total. The minimum Gasteiger partial charge on any atom is -0.456 e. The second-order valence-electron chi connectivity index (χ2n) is 18.9. The van der Waals surface area contributed by atoms with Crippen LogP contribution in [0.5, 0.6) is 0 Å². The van der Waals surface area contributed by atoms with E-state index < -0.39 is 5.41 Å². The first-order valence-corrected chi connectivity index (χ1v) is 24.0. The van der Waals surface area contributed by atoms with Gasteiger partial charge in [0.05, 0.1) is 11.1 Å².